The number of benzene rings is 1. The number of carbonyl (C=O) groups is 1. The van der Waals surface area contributed by atoms with Crippen LogP contribution in [0, 0.1) is 10.1 Å². The summed E-state index contributed by atoms with van der Waals surface area (Å²) in [5.74, 6) is -0.212. The highest BCUT2D eigenvalue weighted by Crippen LogP contribution is 2.19. The first-order chi connectivity index (χ1) is 8.47. The van der Waals surface area contributed by atoms with E-state index in [4.69, 9.17) is 4.74 Å². The minimum absolute atomic E-state index is 0.0159. The number of hydrogen-bond donors (Lipinski definition) is 0. The topological polar surface area (TPSA) is 72.7 Å². The highest BCUT2D eigenvalue weighted by molar-refractivity contribution is 5.80. The van der Waals surface area contributed by atoms with E-state index >= 15 is 0 Å². The molecule has 1 aromatic carbocycles. The van der Waals surface area contributed by atoms with Gasteiger partial charge in [-0.2, -0.15) is 0 Å². The van der Waals surface area contributed by atoms with Gasteiger partial charge in [0.1, 0.15) is 6.10 Å². The van der Waals surface area contributed by atoms with Crippen molar-refractivity contribution < 1.29 is 14.5 Å². The molecule has 0 spiro atoms. The van der Waals surface area contributed by atoms with Crippen molar-refractivity contribution in [2.75, 3.05) is 14.2 Å². The van der Waals surface area contributed by atoms with Crippen molar-refractivity contribution in [3.05, 3.63) is 39.9 Å². The lowest BCUT2D eigenvalue weighted by Crippen LogP contribution is -2.35. The molecule has 1 unspecified atom stereocenters. The first kappa shape index (κ1) is 14.1. The number of nitrogens with zero attached hydrogens (tertiary/aromatic N) is 2. The van der Waals surface area contributed by atoms with E-state index in [0.29, 0.717) is 5.56 Å². The largest absolute Gasteiger partial charge is 0.372 e. The molecule has 0 heterocycles. The first-order valence-electron chi connectivity index (χ1n) is 5.47. The van der Waals surface area contributed by atoms with Gasteiger partial charge in [-0.15, -0.1) is 0 Å². The van der Waals surface area contributed by atoms with Crippen LogP contribution in [0.5, 0.6) is 0 Å². The van der Waals surface area contributed by atoms with Crippen molar-refractivity contribution in [2.45, 2.75) is 19.6 Å². The Balaban J connectivity index is 2.85. The summed E-state index contributed by atoms with van der Waals surface area (Å²) in [7, 11) is 3.04. The van der Waals surface area contributed by atoms with Crippen LogP contribution >= 0.6 is 0 Å². The van der Waals surface area contributed by atoms with Gasteiger partial charge < -0.3 is 9.64 Å². The fourth-order valence-corrected chi connectivity index (χ4v) is 1.57. The van der Waals surface area contributed by atoms with Gasteiger partial charge in [-0.3, -0.25) is 14.9 Å². The molecule has 98 valence electrons. The van der Waals surface area contributed by atoms with Crippen LogP contribution < -0.4 is 0 Å². The third-order valence-corrected chi connectivity index (χ3v) is 2.67. The average Bonchev–Trinajstić information content (AvgIpc) is 2.37. The summed E-state index contributed by atoms with van der Waals surface area (Å²) >= 11 is 0. The number of para-hydroxylation sites is 1. The quantitative estimate of drug-likeness (QED) is 0.589. The normalized spacial score (nSPS) is 11.9. The van der Waals surface area contributed by atoms with Gasteiger partial charge in [-0.05, 0) is 6.92 Å². The summed E-state index contributed by atoms with van der Waals surface area (Å²) in [5.41, 5.74) is 0.517. The second-order valence-corrected chi connectivity index (χ2v) is 3.96. The Bertz CT molecular complexity index is 447. The zero-order valence-corrected chi connectivity index (χ0v) is 10.6. The fraction of sp³-hybridized carbons (Fsp3) is 0.417. The van der Waals surface area contributed by atoms with Gasteiger partial charge in [0.05, 0.1) is 11.5 Å². The summed E-state index contributed by atoms with van der Waals surface area (Å²) < 4.78 is 4.92. The molecular formula is C12H16N2O4. The van der Waals surface area contributed by atoms with Crippen LogP contribution in [-0.2, 0) is 16.1 Å². The third kappa shape index (κ3) is 3.27. The minimum Gasteiger partial charge on any atom is -0.372 e. The zero-order valence-electron chi connectivity index (χ0n) is 10.6. The Kier molecular flexibility index (Phi) is 4.79. The molecule has 0 fully saturated rings. The molecule has 18 heavy (non-hydrogen) atoms. The van der Waals surface area contributed by atoms with Gasteiger partial charge in [-0.25, -0.2) is 0 Å². The lowest BCUT2D eigenvalue weighted by Gasteiger charge is -2.20. The van der Waals surface area contributed by atoms with Gasteiger partial charge in [0.2, 0.25) is 0 Å². The van der Waals surface area contributed by atoms with Crippen molar-refractivity contribution in [1.82, 2.24) is 4.90 Å². The number of nitro groups is 1. The van der Waals surface area contributed by atoms with Crippen LogP contribution in [0.1, 0.15) is 12.5 Å². The number of amides is 1. The standard InChI is InChI=1S/C12H16N2O4/c1-9(18-3)12(15)13(2)8-10-6-4-5-7-11(10)14(16)17/h4-7,9H,8H2,1-3H3. The van der Waals surface area contributed by atoms with Crippen molar-refractivity contribution in [3.8, 4) is 0 Å². The van der Waals surface area contributed by atoms with E-state index in [2.05, 4.69) is 0 Å². The van der Waals surface area contributed by atoms with E-state index in [1.165, 1.54) is 18.1 Å². The molecular weight excluding hydrogens is 236 g/mol. The molecule has 6 heteroatoms. The van der Waals surface area contributed by atoms with Crippen molar-refractivity contribution >= 4 is 11.6 Å². The van der Waals surface area contributed by atoms with Gasteiger partial charge in [-0.1, -0.05) is 18.2 Å². The molecule has 1 atom stereocenters. The van der Waals surface area contributed by atoms with Gasteiger partial charge in [0.25, 0.3) is 11.6 Å². The molecule has 0 bridgehead atoms. The predicted octanol–water partition coefficient (Wildman–Crippen LogP) is 1.59. The number of nitro benzene ring substituents is 1. The van der Waals surface area contributed by atoms with Crippen LogP contribution in [0.4, 0.5) is 5.69 Å². The number of likely N-dealkylation sites (N-methyl/N-ethyl adjacent to an activating group) is 1. The van der Waals surface area contributed by atoms with E-state index in [9.17, 15) is 14.9 Å². The number of carbonyl (C=O) groups excluding carboxylic acids is 1. The molecule has 1 aromatic rings. The van der Waals surface area contributed by atoms with E-state index in [0.717, 1.165) is 0 Å². The monoisotopic (exact) mass is 252 g/mol. The van der Waals surface area contributed by atoms with Crippen LogP contribution in [0.3, 0.4) is 0 Å². The summed E-state index contributed by atoms with van der Waals surface area (Å²) in [6.07, 6.45) is -0.558. The molecule has 0 aliphatic rings. The number of hydrogen-bond acceptors (Lipinski definition) is 4. The summed E-state index contributed by atoms with van der Waals surface area (Å²) in [6.45, 7) is 1.82. The minimum atomic E-state index is -0.558. The van der Waals surface area contributed by atoms with Crippen LogP contribution in [-0.4, -0.2) is 36.0 Å². The Hall–Kier alpha value is -1.95. The lowest BCUT2D eigenvalue weighted by atomic mass is 10.1. The van der Waals surface area contributed by atoms with E-state index < -0.39 is 11.0 Å². The molecule has 1 amide bonds. The first-order valence-corrected chi connectivity index (χ1v) is 5.47. The SMILES string of the molecule is COC(C)C(=O)N(C)Cc1ccccc1[N+](=O)[O-]. The maximum absolute atomic E-state index is 11.8. The Morgan fingerprint density at radius 1 is 1.50 bits per heavy atom. The molecule has 0 aliphatic carbocycles. The highest BCUT2D eigenvalue weighted by Gasteiger charge is 2.20. The third-order valence-electron chi connectivity index (χ3n) is 2.67. The summed E-state index contributed by atoms with van der Waals surface area (Å²) in [4.78, 5) is 23.6. The summed E-state index contributed by atoms with van der Waals surface area (Å²) in [6, 6.07) is 6.37. The van der Waals surface area contributed by atoms with Crippen LogP contribution in [0.25, 0.3) is 0 Å². The highest BCUT2D eigenvalue weighted by atomic mass is 16.6. The number of methoxy groups -OCH3 is 1. The maximum atomic E-state index is 11.8. The van der Waals surface area contributed by atoms with Crippen molar-refractivity contribution in [1.29, 1.82) is 0 Å². The zero-order chi connectivity index (χ0) is 13.7. The second kappa shape index (κ2) is 6.11. The number of rotatable bonds is 5. The Morgan fingerprint density at radius 3 is 2.67 bits per heavy atom. The molecule has 6 nitrogen and oxygen atoms in total. The maximum Gasteiger partial charge on any atom is 0.274 e. The molecule has 0 radical (unpaired) electrons. The fourth-order valence-electron chi connectivity index (χ4n) is 1.57. The molecule has 0 aromatic heterocycles. The van der Waals surface area contributed by atoms with E-state index in [1.54, 1.807) is 32.2 Å². The molecule has 1 rings (SSSR count). The smallest absolute Gasteiger partial charge is 0.274 e. The second-order valence-electron chi connectivity index (χ2n) is 3.96. The molecule has 0 saturated carbocycles. The molecule has 0 aliphatic heterocycles. The van der Waals surface area contributed by atoms with Crippen LogP contribution in [0.15, 0.2) is 24.3 Å². The van der Waals surface area contributed by atoms with Crippen molar-refractivity contribution in [3.63, 3.8) is 0 Å². The summed E-state index contributed by atoms with van der Waals surface area (Å²) in [5, 5.41) is 10.8. The van der Waals surface area contributed by atoms with E-state index in [-0.39, 0.29) is 18.1 Å². The Morgan fingerprint density at radius 2 is 2.11 bits per heavy atom. The predicted molar refractivity (Wildman–Crippen MR) is 66.0 cm³/mol. The van der Waals surface area contributed by atoms with Gasteiger partial charge >= 0.3 is 0 Å². The molecule has 0 saturated heterocycles. The van der Waals surface area contributed by atoms with Crippen molar-refractivity contribution in [2.24, 2.45) is 0 Å². The molecule has 0 N–H and O–H groups in total. The number of ether oxygens (including phenoxy) is 1. The lowest BCUT2D eigenvalue weighted by molar-refractivity contribution is -0.385. The average molecular weight is 252 g/mol. The van der Waals surface area contributed by atoms with Gasteiger partial charge in [0, 0.05) is 25.8 Å². The van der Waals surface area contributed by atoms with Gasteiger partial charge in [0.15, 0.2) is 0 Å². The van der Waals surface area contributed by atoms with E-state index in [1.807, 2.05) is 0 Å². The Labute approximate surface area is 105 Å². The van der Waals surface area contributed by atoms with Crippen LogP contribution in [0.2, 0.25) is 0 Å².